The minimum Gasteiger partial charge on any atom is -0.418 e. The van der Waals surface area contributed by atoms with Crippen LogP contribution in [0.25, 0.3) is 0 Å². The minimum atomic E-state index is 0.257. The van der Waals surface area contributed by atoms with E-state index in [0.717, 1.165) is 13.2 Å². The van der Waals surface area contributed by atoms with Gasteiger partial charge in [0.1, 0.15) is 6.10 Å². The first kappa shape index (κ1) is 7.25. The fourth-order valence-corrected chi connectivity index (χ4v) is 1.29. The highest BCUT2D eigenvalue weighted by atomic mass is 28.2. The first-order chi connectivity index (χ1) is 4.43. The van der Waals surface area contributed by atoms with Crippen LogP contribution in [0.1, 0.15) is 13.3 Å². The molecule has 1 rings (SSSR count). The SMILES string of the molecule is CCC[SiH]OCC1CO1. The van der Waals surface area contributed by atoms with Crippen molar-refractivity contribution in [3.8, 4) is 0 Å². The zero-order valence-corrected chi connectivity index (χ0v) is 6.95. The van der Waals surface area contributed by atoms with Gasteiger partial charge in [0.05, 0.1) is 13.2 Å². The van der Waals surface area contributed by atoms with Crippen LogP contribution in [0.2, 0.25) is 6.04 Å². The van der Waals surface area contributed by atoms with Crippen LogP contribution in [0.5, 0.6) is 0 Å². The van der Waals surface area contributed by atoms with E-state index in [9.17, 15) is 0 Å². The van der Waals surface area contributed by atoms with Crippen molar-refractivity contribution in [3.05, 3.63) is 0 Å². The van der Waals surface area contributed by atoms with E-state index >= 15 is 0 Å². The monoisotopic (exact) mass is 145 g/mol. The second-order valence-electron chi connectivity index (χ2n) is 2.24. The van der Waals surface area contributed by atoms with E-state index in [-0.39, 0.29) is 9.76 Å². The molecule has 1 saturated heterocycles. The topological polar surface area (TPSA) is 21.8 Å². The molecule has 0 N–H and O–H groups in total. The smallest absolute Gasteiger partial charge is 0.193 e. The van der Waals surface area contributed by atoms with Gasteiger partial charge in [0.2, 0.25) is 0 Å². The van der Waals surface area contributed by atoms with Crippen molar-refractivity contribution in [3.63, 3.8) is 0 Å². The maximum atomic E-state index is 5.36. The Bertz CT molecular complexity index is 73.5. The van der Waals surface area contributed by atoms with E-state index in [2.05, 4.69) is 6.92 Å². The lowest BCUT2D eigenvalue weighted by Crippen LogP contribution is -2.04. The number of ether oxygens (including phenoxy) is 1. The molecule has 0 aromatic rings. The lowest BCUT2D eigenvalue weighted by Gasteiger charge is -1.96. The molecule has 1 radical (unpaired) electrons. The molecular weight excluding hydrogens is 132 g/mol. The van der Waals surface area contributed by atoms with Gasteiger partial charge < -0.3 is 9.16 Å². The van der Waals surface area contributed by atoms with Crippen LogP contribution in [0, 0.1) is 0 Å². The average Bonchev–Trinajstić information content (AvgIpc) is 2.63. The molecule has 3 heteroatoms. The van der Waals surface area contributed by atoms with Crippen molar-refractivity contribution in [1.82, 2.24) is 0 Å². The number of hydrogen-bond acceptors (Lipinski definition) is 2. The fourth-order valence-electron chi connectivity index (χ4n) is 0.541. The van der Waals surface area contributed by atoms with Crippen LogP contribution in [0.15, 0.2) is 0 Å². The average molecular weight is 145 g/mol. The molecule has 0 aliphatic carbocycles. The highest BCUT2D eigenvalue weighted by Gasteiger charge is 2.21. The predicted molar refractivity (Wildman–Crippen MR) is 37.9 cm³/mol. The van der Waals surface area contributed by atoms with Crippen molar-refractivity contribution in [2.24, 2.45) is 0 Å². The van der Waals surface area contributed by atoms with Gasteiger partial charge in [-0.3, -0.25) is 0 Å². The van der Waals surface area contributed by atoms with Crippen LogP contribution >= 0.6 is 0 Å². The summed E-state index contributed by atoms with van der Waals surface area (Å²) in [5.41, 5.74) is 0. The molecule has 1 atom stereocenters. The third kappa shape index (κ3) is 3.67. The molecule has 1 unspecified atom stereocenters. The molecule has 53 valence electrons. The quantitative estimate of drug-likeness (QED) is 0.321. The summed E-state index contributed by atoms with van der Waals surface area (Å²) in [6, 6.07) is 1.26. The normalized spacial score (nSPS) is 24.3. The summed E-state index contributed by atoms with van der Waals surface area (Å²) < 4.78 is 10.3. The lowest BCUT2D eigenvalue weighted by atomic mass is 10.5. The van der Waals surface area contributed by atoms with Crippen LogP contribution in [-0.2, 0) is 9.16 Å². The van der Waals surface area contributed by atoms with E-state index < -0.39 is 0 Å². The molecule has 1 heterocycles. The minimum absolute atomic E-state index is 0.257. The second kappa shape index (κ2) is 4.03. The zero-order chi connectivity index (χ0) is 6.53. The summed E-state index contributed by atoms with van der Waals surface area (Å²) in [7, 11) is 0.257. The van der Waals surface area contributed by atoms with Crippen molar-refractivity contribution in [2.45, 2.75) is 25.5 Å². The van der Waals surface area contributed by atoms with Crippen molar-refractivity contribution in [2.75, 3.05) is 13.2 Å². The summed E-state index contributed by atoms with van der Waals surface area (Å²) in [6.45, 7) is 3.95. The molecule has 0 saturated carbocycles. The van der Waals surface area contributed by atoms with E-state index in [0.29, 0.717) is 6.10 Å². The van der Waals surface area contributed by atoms with Crippen molar-refractivity contribution >= 4 is 9.76 Å². The summed E-state index contributed by atoms with van der Waals surface area (Å²) in [4.78, 5) is 0. The maximum absolute atomic E-state index is 5.36. The Labute approximate surface area is 58.5 Å². The Morgan fingerprint density at radius 3 is 3.11 bits per heavy atom. The maximum Gasteiger partial charge on any atom is 0.193 e. The predicted octanol–water partition coefficient (Wildman–Crippen LogP) is 0.582. The van der Waals surface area contributed by atoms with Crippen LogP contribution in [0.4, 0.5) is 0 Å². The Morgan fingerprint density at radius 2 is 2.56 bits per heavy atom. The van der Waals surface area contributed by atoms with Gasteiger partial charge in [-0.15, -0.1) is 0 Å². The summed E-state index contributed by atoms with van der Waals surface area (Å²) in [6.07, 6.45) is 1.70. The van der Waals surface area contributed by atoms with Crippen LogP contribution in [-0.4, -0.2) is 29.1 Å². The van der Waals surface area contributed by atoms with Gasteiger partial charge in [0.25, 0.3) is 0 Å². The summed E-state index contributed by atoms with van der Waals surface area (Å²) in [5, 5.41) is 0. The molecular formula is C6H13O2Si. The van der Waals surface area contributed by atoms with E-state index in [1.165, 1.54) is 12.5 Å². The largest absolute Gasteiger partial charge is 0.418 e. The molecule has 9 heavy (non-hydrogen) atoms. The van der Waals surface area contributed by atoms with E-state index in [4.69, 9.17) is 9.16 Å². The van der Waals surface area contributed by atoms with Gasteiger partial charge in [-0.25, -0.2) is 0 Å². The zero-order valence-electron chi connectivity index (χ0n) is 5.80. The molecule has 1 aliphatic heterocycles. The Balaban J connectivity index is 1.71. The molecule has 0 aromatic carbocycles. The van der Waals surface area contributed by atoms with Crippen molar-refractivity contribution < 1.29 is 9.16 Å². The molecule has 0 bridgehead atoms. The lowest BCUT2D eigenvalue weighted by molar-refractivity contribution is 0.273. The standard InChI is InChI=1S/C6H13O2Si/c1-2-3-9-8-5-6-4-7-6/h6,9H,2-5H2,1H3. The van der Waals surface area contributed by atoms with Crippen LogP contribution < -0.4 is 0 Å². The van der Waals surface area contributed by atoms with Gasteiger partial charge in [-0.2, -0.15) is 0 Å². The van der Waals surface area contributed by atoms with E-state index in [1.807, 2.05) is 0 Å². The highest BCUT2D eigenvalue weighted by Crippen LogP contribution is 2.08. The van der Waals surface area contributed by atoms with Crippen molar-refractivity contribution in [1.29, 1.82) is 0 Å². The van der Waals surface area contributed by atoms with E-state index in [1.54, 1.807) is 0 Å². The van der Waals surface area contributed by atoms with Gasteiger partial charge in [0, 0.05) is 0 Å². The number of hydrogen-bond donors (Lipinski definition) is 0. The summed E-state index contributed by atoms with van der Waals surface area (Å²) >= 11 is 0. The molecule has 2 nitrogen and oxygen atoms in total. The van der Waals surface area contributed by atoms with Gasteiger partial charge in [-0.05, 0) is 6.04 Å². The van der Waals surface area contributed by atoms with Gasteiger partial charge in [-0.1, -0.05) is 13.3 Å². The van der Waals surface area contributed by atoms with Crippen LogP contribution in [0.3, 0.4) is 0 Å². The Morgan fingerprint density at radius 1 is 1.78 bits per heavy atom. The second-order valence-corrected chi connectivity index (χ2v) is 3.49. The third-order valence-electron chi connectivity index (χ3n) is 1.21. The number of rotatable bonds is 5. The molecule has 0 aromatic heterocycles. The fraction of sp³-hybridized carbons (Fsp3) is 1.00. The van der Waals surface area contributed by atoms with Gasteiger partial charge >= 0.3 is 0 Å². The summed E-state index contributed by atoms with van der Waals surface area (Å²) in [5.74, 6) is 0. The Hall–Kier alpha value is 0.137. The third-order valence-corrected chi connectivity index (χ3v) is 2.45. The molecule has 1 aliphatic rings. The first-order valence-corrected chi connectivity index (χ1v) is 4.77. The first-order valence-electron chi connectivity index (χ1n) is 3.48. The van der Waals surface area contributed by atoms with Gasteiger partial charge in [0.15, 0.2) is 9.76 Å². The molecule has 0 spiro atoms. The molecule has 1 fully saturated rings. The molecule has 0 amide bonds. The Kier molecular flexibility index (Phi) is 3.25. The number of epoxide rings is 1. The highest BCUT2D eigenvalue weighted by molar-refractivity contribution is 6.26.